The third-order valence-corrected chi connectivity index (χ3v) is 4.31. The Balaban J connectivity index is 2.03. The van der Waals surface area contributed by atoms with Crippen LogP contribution >= 0.6 is 23.2 Å². The van der Waals surface area contributed by atoms with Gasteiger partial charge in [0.05, 0.1) is 21.6 Å². The van der Waals surface area contributed by atoms with E-state index in [-0.39, 0.29) is 44.0 Å². The predicted octanol–water partition coefficient (Wildman–Crippen LogP) is 6.36. The van der Waals surface area contributed by atoms with Gasteiger partial charge in [-0.3, -0.25) is 10.1 Å². The summed E-state index contributed by atoms with van der Waals surface area (Å²) >= 11 is 11.9. The molecule has 0 aliphatic rings. The second-order valence-electron chi connectivity index (χ2n) is 5.39. The first kappa shape index (κ1) is 18.6. The molecule has 0 N–H and O–H groups in total. The molecule has 5 nitrogen and oxygen atoms in total. The molecule has 0 aliphatic carbocycles. The summed E-state index contributed by atoms with van der Waals surface area (Å²) in [5.41, 5.74) is 0.172. The third-order valence-electron chi connectivity index (χ3n) is 3.70. The maximum Gasteiger partial charge on any atom is 0.288 e. The standard InChI is InChI=1S/C19H9Cl2FN2O3/c20-15-9-16(21)18(24(25)26)8-14(15)19-6-5-12(27-19)7-11(10-23)13-3-1-2-4-17(13)22/h1-9H/b11-7-. The van der Waals surface area contributed by atoms with Crippen LogP contribution in [0, 0.1) is 27.3 Å². The van der Waals surface area contributed by atoms with E-state index in [4.69, 9.17) is 27.6 Å². The van der Waals surface area contributed by atoms with Crippen LogP contribution < -0.4 is 0 Å². The van der Waals surface area contributed by atoms with Crippen LogP contribution in [0.15, 0.2) is 52.9 Å². The van der Waals surface area contributed by atoms with Gasteiger partial charge in [-0.05, 0) is 30.3 Å². The minimum atomic E-state index is -0.627. The van der Waals surface area contributed by atoms with Crippen LogP contribution in [0.25, 0.3) is 23.0 Å². The highest BCUT2D eigenvalue weighted by Crippen LogP contribution is 2.37. The normalized spacial score (nSPS) is 11.3. The predicted molar refractivity (Wildman–Crippen MR) is 101 cm³/mol. The number of furan rings is 1. The van der Waals surface area contributed by atoms with Crippen LogP contribution in [0.5, 0.6) is 0 Å². The number of allylic oxidation sites excluding steroid dienone is 1. The minimum absolute atomic E-state index is 0.0715. The van der Waals surface area contributed by atoms with Crippen molar-refractivity contribution in [3.05, 3.63) is 85.8 Å². The molecule has 134 valence electrons. The van der Waals surface area contributed by atoms with Crippen molar-refractivity contribution in [3.8, 4) is 17.4 Å². The summed E-state index contributed by atoms with van der Waals surface area (Å²) < 4.78 is 19.5. The number of hydrogen-bond donors (Lipinski definition) is 0. The van der Waals surface area contributed by atoms with E-state index in [0.717, 1.165) is 0 Å². The van der Waals surface area contributed by atoms with Gasteiger partial charge in [0.2, 0.25) is 0 Å². The molecule has 0 amide bonds. The number of hydrogen-bond acceptors (Lipinski definition) is 4. The number of benzene rings is 2. The van der Waals surface area contributed by atoms with Gasteiger partial charge in [0.1, 0.15) is 22.4 Å². The van der Waals surface area contributed by atoms with Gasteiger partial charge in [-0.25, -0.2) is 4.39 Å². The maximum atomic E-state index is 13.9. The summed E-state index contributed by atoms with van der Waals surface area (Å²) in [6.07, 6.45) is 1.38. The Morgan fingerprint density at radius 3 is 2.59 bits per heavy atom. The Kier molecular flexibility index (Phi) is 5.26. The van der Waals surface area contributed by atoms with Crippen LogP contribution in [0.3, 0.4) is 0 Å². The molecule has 0 spiro atoms. The summed E-state index contributed by atoms with van der Waals surface area (Å²) in [7, 11) is 0. The lowest BCUT2D eigenvalue weighted by atomic mass is 10.1. The minimum Gasteiger partial charge on any atom is -0.457 e. The molecule has 27 heavy (non-hydrogen) atoms. The Labute approximate surface area is 163 Å². The molecule has 0 radical (unpaired) electrons. The molecule has 3 rings (SSSR count). The Bertz CT molecular complexity index is 1120. The Morgan fingerprint density at radius 2 is 1.93 bits per heavy atom. The van der Waals surface area contributed by atoms with Crippen LogP contribution in [-0.2, 0) is 0 Å². The molecule has 3 aromatic rings. The molecule has 0 bridgehead atoms. The SMILES string of the molecule is N#C/C(=C/c1ccc(-c2cc([N+](=O)[O-])c(Cl)cc2Cl)o1)c1ccccc1F. The summed E-state index contributed by atoms with van der Waals surface area (Å²) in [5, 5.41) is 20.5. The molecule has 0 aliphatic heterocycles. The summed E-state index contributed by atoms with van der Waals surface area (Å²) in [4.78, 5) is 10.4. The lowest BCUT2D eigenvalue weighted by Crippen LogP contribution is -1.90. The molecule has 2 aromatic carbocycles. The smallest absolute Gasteiger partial charge is 0.288 e. The van der Waals surface area contributed by atoms with Gasteiger partial charge in [0, 0.05) is 17.2 Å². The van der Waals surface area contributed by atoms with Crippen molar-refractivity contribution in [2.45, 2.75) is 0 Å². The average Bonchev–Trinajstić information content (AvgIpc) is 3.08. The van der Waals surface area contributed by atoms with Gasteiger partial charge in [-0.15, -0.1) is 0 Å². The maximum absolute atomic E-state index is 13.9. The molecular formula is C19H9Cl2FN2O3. The second kappa shape index (κ2) is 7.62. The van der Waals surface area contributed by atoms with Crippen molar-refractivity contribution < 1.29 is 13.7 Å². The topological polar surface area (TPSA) is 80.1 Å². The van der Waals surface area contributed by atoms with Crippen molar-refractivity contribution >= 4 is 40.5 Å². The average molecular weight is 403 g/mol. The van der Waals surface area contributed by atoms with E-state index in [2.05, 4.69) is 0 Å². The molecule has 0 saturated heterocycles. The van der Waals surface area contributed by atoms with Crippen molar-refractivity contribution in [1.29, 1.82) is 5.26 Å². The molecule has 0 saturated carbocycles. The van der Waals surface area contributed by atoms with E-state index >= 15 is 0 Å². The third kappa shape index (κ3) is 3.85. The fourth-order valence-corrected chi connectivity index (χ4v) is 2.98. The lowest BCUT2D eigenvalue weighted by Gasteiger charge is -2.03. The quantitative estimate of drug-likeness (QED) is 0.288. The molecule has 1 aromatic heterocycles. The largest absolute Gasteiger partial charge is 0.457 e. The summed E-state index contributed by atoms with van der Waals surface area (Å²) in [5.74, 6) is -0.0243. The molecule has 0 unspecified atom stereocenters. The fraction of sp³-hybridized carbons (Fsp3) is 0. The number of nitrogens with zero attached hydrogens (tertiary/aromatic N) is 2. The van der Waals surface area contributed by atoms with E-state index in [1.165, 1.54) is 36.4 Å². The van der Waals surface area contributed by atoms with Gasteiger partial charge in [0.15, 0.2) is 0 Å². The van der Waals surface area contributed by atoms with Crippen LogP contribution in [0.2, 0.25) is 10.0 Å². The summed E-state index contributed by atoms with van der Waals surface area (Å²) in [6.45, 7) is 0. The van der Waals surface area contributed by atoms with Gasteiger partial charge >= 0.3 is 0 Å². The van der Waals surface area contributed by atoms with Crippen molar-refractivity contribution in [3.63, 3.8) is 0 Å². The van der Waals surface area contributed by atoms with Gasteiger partial charge < -0.3 is 4.42 Å². The van der Waals surface area contributed by atoms with Crippen molar-refractivity contribution in [1.82, 2.24) is 0 Å². The van der Waals surface area contributed by atoms with Crippen LogP contribution in [0.4, 0.5) is 10.1 Å². The highest BCUT2D eigenvalue weighted by atomic mass is 35.5. The van der Waals surface area contributed by atoms with E-state index < -0.39 is 10.7 Å². The Morgan fingerprint density at radius 1 is 1.19 bits per heavy atom. The highest BCUT2D eigenvalue weighted by molar-refractivity contribution is 6.37. The van der Waals surface area contributed by atoms with E-state index in [1.807, 2.05) is 6.07 Å². The van der Waals surface area contributed by atoms with E-state index in [9.17, 15) is 19.8 Å². The first-order valence-corrected chi connectivity index (χ1v) is 8.26. The van der Waals surface area contributed by atoms with Crippen molar-refractivity contribution in [2.24, 2.45) is 0 Å². The zero-order chi connectivity index (χ0) is 19.6. The number of rotatable bonds is 4. The monoisotopic (exact) mass is 402 g/mol. The molecule has 0 fully saturated rings. The van der Waals surface area contributed by atoms with Gasteiger partial charge in [-0.2, -0.15) is 5.26 Å². The van der Waals surface area contributed by atoms with Gasteiger partial charge in [0.25, 0.3) is 5.69 Å². The molecule has 0 atom stereocenters. The molecule has 8 heteroatoms. The Hall–Kier alpha value is -3.14. The van der Waals surface area contributed by atoms with E-state index in [1.54, 1.807) is 18.2 Å². The summed E-state index contributed by atoms with van der Waals surface area (Å²) in [6, 6.07) is 13.3. The number of nitro benzene ring substituents is 1. The van der Waals surface area contributed by atoms with Gasteiger partial charge in [-0.1, -0.05) is 41.4 Å². The molecule has 1 heterocycles. The number of nitriles is 1. The van der Waals surface area contributed by atoms with Crippen LogP contribution in [-0.4, -0.2) is 4.92 Å². The number of nitro groups is 1. The lowest BCUT2D eigenvalue weighted by molar-refractivity contribution is -0.384. The fourth-order valence-electron chi connectivity index (χ4n) is 2.43. The second-order valence-corrected chi connectivity index (χ2v) is 6.21. The van der Waals surface area contributed by atoms with Crippen molar-refractivity contribution in [2.75, 3.05) is 0 Å². The highest BCUT2D eigenvalue weighted by Gasteiger charge is 2.19. The zero-order valence-corrected chi connectivity index (χ0v) is 15.0. The number of halogens is 3. The first-order chi connectivity index (χ1) is 12.9. The van der Waals surface area contributed by atoms with E-state index in [0.29, 0.717) is 0 Å². The zero-order valence-electron chi connectivity index (χ0n) is 13.4. The molecular weight excluding hydrogens is 394 g/mol. The first-order valence-electron chi connectivity index (χ1n) is 7.51. The van der Waals surface area contributed by atoms with Crippen LogP contribution in [0.1, 0.15) is 11.3 Å².